The number of nitrogens with zero attached hydrogens (tertiary/aromatic N) is 2. The monoisotopic (exact) mass is 497 g/mol. The molecule has 1 atom stereocenters. The third-order valence-electron chi connectivity index (χ3n) is 4.01. The van der Waals surface area contributed by atoms with E-state index in [1.807, 2.05) is 27.7 Å². The molecule has 1 heterocycles. The van der Waals surface area contributed by atoms with Crippen molar-refractivity contribution < 1.29 is 9.53 Å². The lowest BCUT2D eigenvalue weighted by Crippen LogP contribution is -2.42. The van der Waals surface area contributed by atoms with Crippen LogP contribution in [0.2, 0.25) is 0 Å². The Hall–Kier alpha value is -0.770. The van der Waals surface area contributed by atoms with Gasteiger partial charge in [0.15, 0.2) is 5.96 Å². The second-order valence-corrected chi connectivity index (χ2v) is 8.04. The van der Waals surface area contributed by atoms with Gasteiger partial charge in [-0.1, -0.05) is 13.3 Å². The highest BCUT2D eigenvalue weighted by molar-refractivity contribution is 14.0. The Morgan fingerprint density at radius 2 is 1.74 bits per heavy atom. The zero-order chi connectivity index (χ0) is 19.4. The molecule has 1 rings (SSSR count). The first-order valence-electron chi connectivity index (χ1n) is 10.0. The largest absolute Gasteiger partial charge is 0.444 e. The summed E-state index contributed by atoms with van der Waals surface area (Å²) in [6, 6.07) is 0. The Morgan fingerprint density at radius 3 is 2.33 bits per heavy atom. The summed E-state index contributed by atoms with van der Waals surface area (Å²) in [7, 11) is 0. The van der Waals surface area contributed by atoms with Crippen molar-refractivity contribution in [3.8, 4) is 0 Å². The fourth-order valence-electron chi connectivity index (χ4n) is 2.89. The Kier molecular flexibility index (Phi) is 13.9. The molecule has 7 nitrogen and oxygen atoms in total. The number of ether oxygens (including phenoxy) is 1. The number of alkyl carbamates (subject to hydrolysis) is 1. The molecule has 0 saturated carbocycles. The molecule has 1 aliphatic rings. The molecule has 0 aromatic rings. The van der Waals surface area contributed by atoms with Gasteiger partial charge in [0.25, 0.3) is 0 Å². The fourth-order valence-corrected chi connectivity index (χ4v) is 2.89. The molecule has 0 aromatic carbocycles. The van der Waals surface area contributed by atoms with Crippen LogP contribution in [0.5, 0.6) is 0 Å². The number of amides is 1. The Labute approximate surface area is 182 Å². The minimum Gasteiger partial charge on any atom is -0.444 e. The number of guanidine groups is 1. The molecule has 1 unspecified atom stereocenters. The SMILES string of the molecule is CCNC(=NCC(C)CN1CCCCC1)NCCNC(=O)OC(C)(C)C.I. The van der Waals surface area contributed by atoms with Crippen LogP contribution in [-0.2, 0) is 4.74 Å². The maximum absolute atomic E-state index is 11.6. The van der Waals surface area contributed by atoms with Gasteiger partial charge in [-0.2, -0.15) is 0 Å². The predicted octanol–water partition coefficient (Wildman–Crippen LogP) is 2.81. The zero-order valence-electron chi connectivity index (χ0n) is 17.8. The van der Waals surface area contributed by atoms with Crippen LogP contribution in [0.15, 0.2) is 4.99 Å². The van der Waals surface area contributed by atoms with Crippen molar-refractivity contribution in [2.24, 2.45) is 10.9 Å². The smallest absolute Gasteiger partial charge is 0.407 e. The van der Waals surface area contributed by atoms with Crippen LogP contribution >= 0.6 is 24.0 Å². The van der Waals surface area contributed by atoms with E-state index in [0.29, 0.717) is 19.0 Å². The molecule has 1 amide bonds. The molecule has 0 aromatic heterocycles. The van der Waals surface area contributed by atoms with Crippen LogP contribution in [0.1, 0.15) is 53.9 Å². The summed E-state index contributed by atoms with van der Waals surface area (Å²) in [5.74, 6) is 1.33. The fraction of sp³-hybridized carbons (Fsp3) is 0.895. The summed E-state index contributed by atoms with van der Waals surface area (Å²) >= 11 is 0. The second kappa shape index (κ2) is 14.3. The highest BCUT2D eigenvalue weighted by Crippen LogP contribution is 2.11. The first-order valence-corrected chi connectivity index (χ1v) is 10.0. The van der Waals surface area contributed by atoms with Crippen molar-refractivity contribution in [3.05, 3.63) is 0 Å². The highest BCUT2D eigenvalue weighted by Gasteiger charge is 2.15. The third kappa shape index (κ3) is 14.0. The zero-order valence-corrected chi connectivity index (χ0v) is 20.1. The molecule has 0 aliphatic carbocycles. The van der Waals surface area contributed by atoms with Gasteiger partial charge in [-0.15, -0.1) is 24.0 Å². The van der Waals surface area contributed by atoms with Crippen LogP contribution in [0, 0.1) is 5.92 Å². The van der Waals surface area contributed by atoms with Gasteiger partial charge in [0.05, 0.1) is 0 Å². The number of rotatable bonds is 8. The lowest BCUT2D eigenvalue weighted by atomic mass is 10.1. The summed E-state index contributed by atoms with van der Waals surface area (Å²) in [4.78, 5) is 18.9. The first-order chi connectivity index (χ1) is 12.3. The molecular weight excluding hydrogens is 457 g/mol. The molecule has 1 aliphatic heterocycles. The third-order valence-corrected chi connectivity index (χ3v) is 4.01. The van der Waals surface area contributed by atoms with Crippen LogP contribution in [0.4, 0.5) is 4.79 Å². The van der Waals surface area contributed by atoms with Crippen molar-refractivity contribution in [3.63, 3.8) is 0 Å². The summed E-state index contributed by atoms with van der Waals surface area (Å²) in [6.45, 7) is 16.1. The van der Waals surface area contributed by atoms with E-state index in [1.54, 1.807) is 0 Å². The van der Waals surface area contributed by atoms with Crippen molar-refractivity contribution in [2.45, 2.75) is 59.5 Å². The average molecular weight is 497 g/mol. The van der Waals surface area contributed by atoms with Gasteiger partial charge in [-0.3, -0.25) is 4.99 Å². The number of likely N-dealkylation sites (tertiary alicyclic amines) is 1. The van der Waals surface area contributed by atoms with Gasteiger partial charge < -0.3 is 25.6 Å². The van der Waals surface area contributed by atoms with Crippen molar-refractivity contribution in [1.29, 1.82) is 0 Å². The number of nitrogens with one attached hydrogen (secondary N) is 3. The molecule has 1 saturated heterocycles. The summed E-state index contributed by atoms with van der Waals surface area (Å²) in [5.41, 5.74) is -0.474. The van der Waals surface area contributed by atoms with Crippen LogP contribution < -0.4 is 16.0 Å². The number of carbonyl (C=O) groups is 1. The number of halogens is 1. The number of aliphatic imine (C=N–C) groups is 1. The number of carbonyl (C=O) groups excluding carboxylic acids is 1. The molecular formula is C19H40IN5O2. The lowest BCUT2D eigenvalue weighted by molar-refractivity contribution is 0.0529. The van der Waals surface area contributed by atoms with E-state index in [2.05, 4.69) is 32.8 Å². The average Bonchev–Trinajstić information content (AvgIpc) is 2.55. The van der Waals surface area contributed by atoms with Crippen LogP contribution in [0.25, 0.3) is 0 Å². The Morgan fingerprint density at radius 1 is 1.11 bits per heavy atom. The van der Waals surface area contributed by atoms with E-state index in [1.165, 1.54) is 32.4 Å². The molecule has 8 heteroatoms. The van der Waals surface area contributed by atoms with Crippen molar-refractivity contribution >= 4 is 36.0 Å². The molecule has 0 bridgehead atoms. The van der Waals surface area contributed by atoms with Gasteiger partial charge in [-0.25, -0.2) is 4.79 Å². The Balaban J connectivity index is 0.00000676. The molecule has 3 N–H and O–H groups in total. The van der Waals surface area contributed by atoms with Gasteiger partial charge in [0.2, 0.25) is 0 Å². The van der Waals surface area contributed by atoms with Gasteiger partial charge in [-0.05, 0) is 59.5 Å². The van der Waals surface area contributed by atoms with Gasteiger partial charge in [0, 0.05) is 32.7 Å². The first kappa shape index (κ1) is 26.2. The topological polar surface area (TPSA) is 78.0 Å². The van der Waals surface area contributed by atoms with E-state index in [4.69, 9.17) is 4.74 Å². The lowest BCUT2D eigenvalue weighted by Gasteiger charge is -2.28. The van der Waals surface area contributed by atoms with E-state index in [9.17, 15) is 4.79 Å². The second-order valence-electron chi connectivity index (χ2n) is 8.04. The molecule has 0 spiro atoms. The van der Waals surface area contributed by atoms with E-state index < -0.39 is 11.7 Å². The number of piperidine rings is 1. The standard InChI is InChI=1S/C19H39N5O2.HI/c1-6-20-17(21-10-11-22-18(25)26-19(3,4)5)23-14-16(2)15-24-12-8-7-9-13-24;/h16H,6-15H2,1-5H3,(H,22,25)(H2,20,21,23);1H. The summed E-state index contributed by atoms with van der Waals surface area (Å²) < 4.78 is 5.22. The Bertz CT molecular complexity index is 434. The normalized spacial score (nSPS) is 16.9. The minimum atomic E-state index is -0.474. The maximum Gasteiger partial charge on any atom is 0.407 e. The summed E-state index contributed by atoms with van der Waals surface area (Å²) in [5, 5.41) is 9.24. The van der Waals surface area contributed by atoms with Crippen molar-refractivity contribution in [1.82, 2.24) is 20.9 Å². The van der Waals surface area contributed by atoms with Gasteiger partial charge >= 0.3 is 6.09 Å². The molecule has 0 radical (unpaired) electrons. The van der Waals surface area contributed by atoms with E-state index >= 15 is 0 Å². The van der Waals surface area contributed by atoms with Gasteiger partial charge in [0.1, 0.15) is 5.60 Å². The molecule has 160 valence electrons. The molecule has 1 fully saturated rings. The van der Waals surface area contributed by atoms with E-state index in [-0.39, 0.29) is 24.0 Å². The van der Waals surface area contributed by atoms with Crippen LogP contribution in [0.3, 0.4) is 0 Å². The van der Waals surface area contributed by atoms with Crippen molar-refractivity contribution in [2.75, 3.05) is 45.8 Å². The quantitative estimate of drug-likeness (QED) is 0.208. The predicted molar refractivity (Wildman–Crippen MR) is 123 cm³/mol. The summed E-state index contributed by atoms with van der Waals surface area (Å²) in [6.07, 6.45) is 3.63. The maximum atomic E-state index is 11.6. The minimum absolute atomic E-state index is 0. The highest BCUT2D eigenvalue weighted by atomic mass is 127. The molecule has 27 heavy (non-hydrogen) atoms. The van der Waals surface area contributed by atoms with Crippen LogP contribution in [-0.4, -0.2) is 68.4 Å². The number of hydrogen-bond donors (Lipinski definition) is 3. The van der Waals surface area contributed by atoms with E-state index in [0.717, 1.165) is 25.6 Å². The number of hydrogen-bond acceptors (Lipinski definition) is 4.